The van der Waals surface area contributed by atoms with Crippen molar-refractivity contribution in [3.05, 3.63) is 59.9 Å². The molecule has 0 saturated heterocycles. The minimum Gasteiger partial charge on any atom is -0.481 e. The molecule has 1 amide bonds. The fourth-order valence-electron chi connectivity index (χ4n) is 2.33. The highest BCUT2D eigenvalue weighted by atomic mass is 16.5. The fraction of sp³-hybridized carbons (Fsp3) is 0.333. The molecular weight excluding hydrogens is 276 g/mol. The molecule has 1 saturated carbocycles. The first-order valence-electron chi connectivity index (χ1n) is 7.65. The third-order valence-corrected chi connectivity index (χ3v) is 3.76. The number of benzene rings is 1. The SMILES string of the molecule is C[C@@H](Oc1ccccc1)C(=O)NCc1cncc(C2CC2)c1. The van der Waals surface area contributed by atoms with Crippen LogP contribution in [0.25, 0.3) is 0 Å². The van der Waals surface area contributed by atoms with Gasteiger partial charge in [-0.25, -0.2) is 0 Å². The topological polar surface area (TPSA) is 51.2 Å². The number of nitrogens with one attached hydrogen (secondary N) is 1. The number of pyridine rings is 1. The molecule has 1 aromatic carbocycles. The predicted octanol–water partition coefficient (Wildman–Crippen LogP) is 3.04. The maximum atomic E-state index is 12.1. The van der Waals surface area contributed by atoms with Crippen LogP contribution in [0.5, 0.6) is 5.75 Å². The van der Waals surface area contributed by atoms with Gasteiger partial charge >= 0.3 is 0 Å². The number of aromatic nitrogens is 1. The van der Waals surface area contributed by atoms with Crippen molar-refractivity contribution in [1.82, 2.24) is 10.3 Å². The highest BCUT2D eigenvalue weighted by Gasteiger charge is 2.23. The lowest BCUT2D eigenvalue weighted by Crippen LogP contribution is -2.35. The van der Waals surface area contributed by atoms with Gasteiger partial charge in [0.25, 0.3) is 5.91 Å². The zero-order chi connectivity index (χ0) is 15.4. The van der Waals surface area contributed by atoms with Crippen LogP contribution in [0.2, 0.25) is 0 Å². The third-order valence-electron chi connectivity index (χ3n) is 3.76. The van der Waals surface area contributed by atoms with E-state index in [1.54, 1.807) is 13.1 Å². The summed E-state index contributed by atoms with van der Waals surface area (Å²) in [4.78, 5) is 16.3. The van der Waals surface area contributed by atoms with E-state index in [1.165, 1.54) is 18.4 Å². The van der Waals surface area contributed by atoms with Gasteiger partial charge in [-0.2, -0.15) is 0 Å². The maximum Gasteiger partial charge on any atom is 0.261 e. The number of nitrogens with zero attached hydrogens (tertiary/aromatic N) is 1. The largest absolute Gasteiger partial charge is 0.481 e. The average Bonchev–Trinajstić information content (AvgIpc) is 3.39. The lowest BCUT2D eigenvalue weighted by molar-refractivity contribution is -0.127. The number of carbonyl (C=O) groups excluding carboxylic acids is 1. The molecule has 3 rings (SSSR count). The summed E-state index contributed by atoms with van der Waals surface area (Å²) in [5.74, 6) is 1.24. The summed E-state index contributed by atoms with van der Waals surface area (Å²) in [7, 11) is 0. The molecule has 1 atom stereocenters. The number of hydrogen-bond donors (Lipinski definition) is 1. The maximum absolute atomic E-state index is 12.1. The van der Waals surface area contributed by atoms with Crippen LogP contribution < -0.4 is 10.1 Å². The molecular formula is C18H20N2O2. The van der Waals surface area contributed by atoms with E-state index in [9.17, 15) is 4.79 Å². The first kappa shape index (κ1) is 14.6. The van der Waals surface area contributed by atoms with E-state index in [0.29, 0.717) is 18.2 Å². The summed E-state index contributed by atoms with van der Waals surface area (Å²) < 4.78 is 5.61. The summed E-state index contributed by atoms with van der Waals surface area (Å²) in [6.07, 6.45) is 5.69. The molecule has 2 aromatic rings. The van der Waals surface area contributed by atoms with Crippen LogP contribution in [0.1, 0.15) is 36.8 Å². The van der Waals surface area contributed by atoms with E-state index < -0.39 is 6.10 Å². The van der Waals surface area contributed by atoms with Crippen molar-refractivity contribution < 1.29 is 9.53 Å². The van der Waals surface area contributed by atoms with Gasteiger partial charge in [0.1, 0.15) is 5.75 Å². The number of para-hydroxylation sites is 1. The number of amides is 1. The van der Waals surface area contributed by atoms with Crippen molar-refractivity contribution in [3.63, 3.8) is 0 Å². The van der Waals surface area contributed by atoms with Crippen LogP contribution in [0.4, 0.5) is 0 Å². The van der Waals surface area contributed by atoms with Gasteiger partial charge in [0.05, 0.1) is 0 Å². The molecule has 0 unspecified atom stereocenters. The first-order valence-corrected chi connectivity index (χ1v) is 7.65. The van der Waals surface area contributed by atoms with E-state index in [1.807, 2.05) is 36.5 Å². The van der Waals surface area contributed by atoms with Crippen molar-refractivity contribution in [2.45, 2.75) is 38.3 Å². The molecule has 1 aromatic heterocycles. The van der Waals surface area contributed by atoms with Crippen molar-refractivity contribution in [2.75, 3.05) is 0 Å². The van der Waals surface area contributed by atoms with E-state index >= 15 is 0 Å². The molecule has 114 valence electrons. The van der Waals surface area contributed by atoms with Crippen LogP contribution in [0.3, 0.4) is 0 Å². The molecule has 1 aliphatic rings. The van der Waals surface area contributed by atoms with E-state index in [0.717, 1.165) is 5.56 Å². The van der Waals surface area contributed by atoms with Gasteiger partial charge in [-0.1, -0.05) is 24.3 Å². The molecule has 4 heteroatoms. The number of rotatable bonds is 6. The van der Waals surface area contributed by atoms with Gasteiger partial charge in [-0.15, -0.1) is 0 Å². The Labute approximate surface area is 130 Å². The Kier molecular flexibility index (Phi) is 4.37. The number of ether oxygens (including phenoxy) is 1. The zero-order valence-electron chi connectivity index (χ0n) is 12.7. The summed E-state index contributed by atoms with van der Waals surface area (Å²) in [5, 5.41) is 2.90. The van der Waals surface area contributed by atoms with Crippen LogP contribution in [-0.2, 0) is 11.3 Å². The van der Waals surface area contributed by atoms with Gasteiger partial charge < -0.3 is 10.1 Å². The third kappa shape index (κ3) is 3.85. The Bertz CT molecular complexity index is 639. The fourth-order valence-corrected chi connectivity index (χ4v) is 2.33. The molecule has 22 heavy (non-hydrogen) atoms. The highest BCUT2D eigenvalue weighted by molar-refractivity contribution is 5.80. The van der Waals surface area contributed by atoms with Crippen molar-refractivity contribution >= 4 is 5.91 Å². The molecule has 0 bridgehead atoms. The Morgan fingerprint density at radius 1 is 1.32 bits per heavy atom. The lowest BCUT2D eigenvalue weighted by Gasteiger charge is -2.14. The van der Waals surface area contributed by atoms with E-state index in [2.05, 4.69) is 16.4 Å². The highest BCUT2D eigenvalue weighted by Crippen LogP contribution is 2.39. The minimum atomic E-state index is -0.526. The van der Waals surface area contributed by atoms with Gasteiger partial charge in [0, 0.05) is 18.9 Å². The second-order valence-corrected chi connectivity index (χ2v) is 5.69. The minimum absolute atomic E-state index is 0.124. The molecule has 1 N–H and O–H groups in total. The number of hydrogen-bond acceptors (Lipinski definition) is 3. The van der Waals surface area contributed by atoms with Crippen LogP contribution in [0.15, 0.2) is 48.8 Å². The second-order valence-electron chi connectivity index (χ2n) is 5.69. The van der Waals surface area contributed by atoms with Gasteiger partial charge in [-0.05, 0) is 48.9 Å². The van der Waals surface area contributed by atoms with Crippen LogP contribution in [0, 0.1) is 0 Å². The molecule has 4 nitrogen and oxygen atoms in total. The normalized spacial score (nSPS) is 15.1. The molecule has 1 fully saturated rings. The van der Waals surface area contributed by atoms with Gasteiger partial charge in [0.2, 0.25) is 0 Å². The quantitative estimate of drug-likeness (QED) is 0.891. The second kappa shape index (κ2) is 6.60. The Morgan fingerprint density at radius 2 is 2.09 bits per heavy atom. The summed E-state index contributed by atoms with van der Waals surface area (Å²) in [5.41, 5.74) is 2.31. The van der Waals surface area contributed by atoms with Crippen molar-refractivity contribution in [2.24, 2.45) is 0 Å². The molecule has 1 aliphatic carbocycles. The molecule has 0 aliphatic heterocycles. The first-order chi connectivity index (χ1) is 10.7. The standard InChI is InChI=1S/C18H20N2O2/c1-13(22-17-5-3-2-4-6-17)18(21)20-11-14-9-16(12-19-10-14)15-7-8-15/h2-6,9-10,12-13,15H,7-8,11H2,1H3,(H,20,21)/t13-/m1/s1. The Hall–Kier alpha value is -2.36. The Morgan fingerprint density at radius 3 is 2.82 bits per heavy atom. The molecule has 1 heterocycles. The van der Waals surface area contributed by atoms with Crippen LogP contribution in [-0.4, -0.2) is 17.0 Å². The smallest absolute Gasteiger partial charge is 0.261 e. The molecule has 0 radical (unpaired) electrons. The lowest BCUT2D eigenvalue weighted by atomic mass is 10.1. The van der Waals surface area contributed by atoms with Gasteiger partial charge in [0.15, 0.2) is 6.10 Å². The predicted molar refractivity (Wildman–Crippen MR) is 84.6 cm³/mol. The summed E-state index contributed by atoms with van der Waals surface area (Å²) in [6, 6.07) is 11.5. The summed E-state index contributed by atoms with van der Waals surface area (Å²) >= 11 is 0. The van der Waals surface area contributed by atoms with Crippen LogP contribution >= 0.6 is 0 Å². The van der Waals surface area contributed by atoms with Crippen molar-refractivity contribution in [1.29, 1.82) is 0 Å². The number of carbonyl (C=O) groups is 1. The van der Waals surface area contributed by atoms with Crippen molar-refractivity contribution in [3.8, 4) is 5.75 Å². The van der Waals surface area contributed by atoms with E-state index in [4.69, 9.17) is 4.74 Å². The summed E-state index contributed by atoms with van der Waals surface area (Å²) in [6.45, 7) is 2.23. The van der Waals surface area contributed by atoms with Gasteiger partial charge in [-0.3, -0.25) is 9.78 Å². The van der Waals surface area contributed by atoms with E-state index in [-0.39, 0.29) is 5.91 Å². The monoisotopic (exact) mass is 296 g/mol. The Balaban J connectivity index is 1.52. The molecule has 0 spiro atoms. The zero-order valence-corrected chi connectivity index (χ0v) is 12.7. The average molecular weight is 296 g/mol.